The molecule has 0 spiro atoms. The van der Waals surface area contributed by atoms with E-state index in [-0.39, 0.29) is 18.4 Å². The first-order valence-electron chi connectivity index (χ1n) is 13.5. The molecule has 11 nitrogen and oxygen atoms in total. The van der Waals surface area contributed by atoms with Gasteiger partial charge in [-0.05, 0) is 57.2 Å². The second-order valence-electron chi connectivity index (χ2n) is 10.5. The molecule has 2 aromatic rings. The lowest BCUT2D eigenvalue weighted by molar-refractivity contribution is -0.153. The Bertz CT molecular complexity index is 1250. The Morgan fingerprint density at radius 2 is 1.85 bits per heavy atom. The summed E-state index contributed by atoms with van der Waals surface area (Å²) in [5.41, 5.74) is 5.57. The number of benzene rings is 1. The van der Waals surface area contributed by atoms with E-state index in [1.165, 1.54) is 18.9 Å². The highest BCUT2D eigenvalue weighted by atomic mass is 16.5. The minimum Gasteiger partial charge on any atom is -0.452 e. The van der Waals surface area contributed by atoms with Crippen molar-refractivity contribution in [3.8, 4) is 0 Å². The van der Waals surface area contributed by atoms with Gasteiger partial charge < -0.3 is 20.5 Å². The molecule has 3 rings (SSSR count). The van der Waals surface area contributed by atoms with Crippen LogP contribution in [-0.2, 0) is 23.9 Å². The van der Waals surface area contributed by atoms with Crippen molar-refractivity contribution in [1.29, 1.82) is 0 Å². The van der Waals surface area contributed by atoms with Gasteiger partial charge >= 0.3 is 0 Å². The highest BCUT2D eigenvalue weighted by molar-refractivity contribution is 5.90. The summed E-state index contributed by atoms with van der Waals surface area (Å²) in [5.74, 6) is -1.09. The number of nitrogens with zero attached hydrogens (tertiary/aromatic N) is 2. The summed E-state index contributed by atoms with van der Waals surface area (Å²) in [7, 11) is 0. The lowest BCUT2D eigenvalue weighted by Crippen LogP contribution is -2.61. The summed E-state index contributed by atoms with van der Waals surface area (Å²) in [6.07, 6.45) is 2.61. The number of allylic oxidation sites excluding steroid dienone is 1. The van der Waals surface area contributed by atoms with E-state index in [0.29, 0.717) is 25.3 Å². The zero-order chi connectivity index (χ0) is 29.4. The van der Waals surface area contributed by atoms with Crippen molar-refractivity contribution in [2.24, 2.45) is 5.92 Å². The summed E-state index contributed by atoms with van der Waals surface area (Å²) in [6, 6.07) is 7.95. The van der Waals surface area contributed by atoms with Gasteiger partial charge in [-0.3, -0.25) is 29.2 Å². The maximum Gasteiger partial charge on any atom is 0.293 e. The number of ether oxygens (including phenoxy) is 1. The van der Waals surface area contributed by atoms with E-state index in [1.807, 2.05) is 37.3 Å². The summed E-state index contributed by atoms with van der Waals surface area (Å²) in [4.78, 5) is 53.8. The number of fused-ring (bicyclic) bond motifs is 1. The molecule has 2 heterocycles. The third-order valence-electron chi connectivity index (χ3n) is 6.61. The SMILES string of the molecule is CC(C)/C=C/c1ccc2ccc([C@@H](C)NC(=O)C3CCCN(C(=O)C(C)NC(=O)C(OC=O)C(C)O)N3)nc2c1. The third-order valence-corrected chi connectivity index (χ3v) is 6.61. The predicted molar refractivity (Wildman–Crippen MR) is 150 cm³/mol. The molecule has 1 aromatic heterocycles. The van der Waals surface area contributed by atoms with E-state index in [9.17, 15) is 24.3 Å². The Labute approximate surface area is 234 Å². The largest absolute Gasteiger partial charge is 0.452 e. The van der Waals surface area contributed by atoms with Crippen LogP contribution in [0, 0.1) is 5.92 Å². The van der Waals surface area contributed by atoms with E-state index < -0.39 is 36.1 Å². The first-order valence-corrected chi connectivity index (χ1v) is 13.5. The number of aliphatic hydroxyl groups excluding tert-OH is 1. The lowest BCUT2D eigenvalue weighted by Gasteiger charge is -2.35. The average molecular weight is 554 g/mol. The van der Waals surface area contributed by atoms with Crippen molar-refractivity contribution in [2.75, 3.05) is 6.54 Å². The van der Waals surface area contributed by atoms with Gasteiger partial charge in [0.15, 0.2) is 0 Å². The molecule has 4 N–H and O–H groups in total. The van der Waals surface area contributed by atoms with Crippen LogP contribution in [0.3, 0.4) is 0 Å². The fraction of sp³-hybridized carbons (Fsp3) is 0.483. The van der Waals surface area contributed by atoms with Gasteiger partial charge in [-0.2, -0.15) is 0 Å². The van der Waals surface area contributed by atoms with E-state index in [0.717, 1.165) is 22.2 Å². The molecule has 11 heteroatoms. The Morgan fingerprint density at radius 1 is 1.12 bits per heavy atom. The molecule has 1 aromatic carbocycles. The minimum atomic E-state index is -1.44. The van der Waals surface area contributed by atoms with E-state index in [1.54, 1.807) is 0 Å². The molecule has 1 aliphatic heterocycles. The van der Waals surface area contributed by atoms with Crippen LogP contribution >= 0.6 is 0 Å². The molecule has 0 saturated carbocycles. The van der Waals surface area contributed by atoms with Gasteiger partial charge in [0.1, 0.15) is 12.1 Å². The number of carbonyl (C=O) groups is 4. The van der Waals surface area contributed by atoms with Crippen molar-refractivity contribution in [3.05, 3.63) is 47.7 Å². The summed E-state index contributed by atoms with van der Waals surface area (Å²) < 4.78 is 4.62. The number of carbonyl (C=O) groups excluding carboxylic acids is 4. The monoisotopic (exact) mass is 553 g/mol. The van der Waals surface area contributed by atoms with E-state index in [2.05, 4.69) is 46.8 Å². The molecule has 0 radical (unpaired) electrons. The first-order chi connectivity index (χ1) is 19.0. The van der Waals surface area contributed by atoms with Crippen LogP contribution in [0.1, 0.15) is 64.8 Å². The molecule has 1 saturated heterocycles. The molecule has 5 atom stereocenters. The second-order valence-corrected chi connectivity index (χ2v) is 10.5. The molecule has 216 valence electrons. The van der Waals surface area contributed by atoms with Gasteiger partial charge in [-0.25, -0.2) is 5.43 Å². The average Bonchev–Trinajstić information content (AvgIpc) is 2.93. The first kappa shape index (κ1) is 30.7. The van der Waals surface area contributed by atoms with Gasteiger partial charge in [-0.1, -0.05) is 44.2 Å². The molecular weight excluding hydrogens is 514 g/mol. The molecule has 1 aliphatic rings. The van der Waals surface area contributed by atoms with E-state index in [4.69, 9.17) is 4.98 Å². The number of hydrogen-bond donors (Lipinski definition) is 4. The number of rotatable bonds is 11. The zero-order valence-electron chi connectivity index (χ0n) is 23.6. The quantitative estimate of drug-likeness (QED) is 0.309. The topological polar surface area (TPSA) is 150 Å². The highest BCUT2D eigenvalue weighted by Crippen LogP contribution is 2.20. The minimum absolute atomic E-state index is 0.0653. The second kappa shape index (κ2) is 14.0. The molecular formula is C29H39N5O6. The fourth-order valence-electron chi connectivity index (χ4n) is 4.37. The predicted octanol–water partition coefficient (Wildman–Crippen LogP) is 2.00. The third kappa shape index (κ3) is 8.09. The maximum atomic E-state index is 13.1. The highest BCUT2D eigenvalue weighted by Gasteiger charge is 2.33. The van der Waals surface area contributed by atoms with Crippen LogP contribution in [0.2, 0.25) is 0 Å². The van der Waals surface area contributed by atoms with Crippen molar-refractivity contribution >= 4 is 41.2 Å². The number of aromatic nitrogens is 1. The zero-order valence-corrected chi connectivity index (χ0v) is 23.6. The normalized spacial score (nSPS) is 18.7. The Morgan fingerprint density at radius 3 is 2.52 bits per heavy atom. The lowest BCUT2D eigenvalue weighted by atomic mass is 10.1. The molecule has 40 heavy (non-hydrogen) atoms. The Hall–Kier alpha value is -3.83. The summed E-state index contributed by atoms with van der Waals surface area (Å²) in [5, 5.41) is 17.4. The van der Waals surface area contributed by atoms with Gasteiger partial charge in [-0.15, -0.1) is 0 Å². The van der Waals surface area contributed by atoms with Gasteiger partial charge in [0, 0.05) is 11.9 Å². The maximum absolute atomic E-state index is 13.1. The molecule has 1 fully saturated rings. The van der Waals surface area contributed by atoms with Crippen LogP contribution < -0.4 is 16.1 Å². The molecule has 4 unspecified atom stereocenters. The summed E-state index contributed by atoms with van der Waals surface area (Å²) >= 11 is 0. The molecule has 0 bridgehead atoms. The van der Waals surface area contributed by atoms with Crippen LogP contribution in [0.4, 0.5) is 0 Å². The standard InChI is InChI=1S/C29H39N5O6/c1-17(2)8-9-21-10-11-22-12-13-23(32-25(22)15-21)18(3)30-27(37)24-7-6-14-34(33-24)29(39)19(4)31-28(38)26(20(5)36)40-16-35/h8-13,15-20,24,26,33,36H,6-7,14H2,1-5H3,(H,30,37)(H,31,38)/b9-8+/t18-,19?,20?,24?,26?/m1/s1. The Balaban J connectivity index is 1.61. The van der Waals surface area contributed by atoms with Gasteiger partial charge in [0.25, 0.3) is 18.3 Å². The fourth-order valence-corrected chi connectivity index (χ4v) is 4.37. The number of amides is 3. The van der Waals surface area contributed by atoms with Crippen molar-refractivity contribution in [2.45, 2.75) is 77.8 Å². The van der Waals surface area contributed by atoms with Gasteiger partial charge in [0.05, 0.1) is 23.4 Å². The summed E-state index contributed by atoms with van der Waals surface area (Å²) in [6.45, 7) is 9.29. The number of hydrazine groups is 1. The van der Waals surface area contributed by atoms with Crippen LogP contribution in [-0.4, -0.2) is 70.1 Å². The number of pyridine rings is 1. The van der Waals surface area contributed by atoms with Gasteiger partial charge in [0.2, 0.25) is 12.0 Å². The smallest absolute Gasteiger partial charge is 0.293 e. The van der Waals surface area contributed by atoms with Crippen LogP contribution in [0.5, 0.6) is 0 Å². The van der Waals surface area contributed by atoms with Crippen LogP contribution in [0.15, 0.2) is 36.4 Å². The van der Waals surface area contributed by atoms with Crippen molar-refractivity contribution in [1.82, 2.24) is 26.1 Å². The van der Waals surface area contributed by atoms with Crippen molar-refractivity contribution in [3.63, 3.8) is 0 Å². The van der Waals surface area contributed by atoms with Crippen molar-refractivity contribution < 1.29 is 29.0 Å². The molecule has 0 aliphatic carbocycles. The number of aliphatic hydroxyl groups is 1. The number of nitrogens with one attached hydrogen (secondary N) is 3. The van der Waals surface area contributed by atoms with E-state index >= 15 is 0 Å². The number of hydrogen-bond acceptors (Lipinski definition) is 8. The Kier molecular flexibility index (Phi) is 10.7. The molecule has 3 amide bonds. The van der Waals surface area contributed by atoms with Crippen LogP contribution in [0.25, 0.3) is 17.0 Å².